The van der Waals surface area contributed by atoms with Crippen LogP contribution in [0.3, 0.4) is 0 Å². The Kier molecular flexibility index (Phi) is 3.46. The number of rotatable bonds is 2. The van der Waals surface area contributed by atoms with Crippen molar-refractivity contribution in [3.8, 4) is 0 Å². The Labute approximate surface area is 123 Å². The van der Waals surface area contributed by atoms with Crippen molar-refractivity contribution in [1.29, 1.82) is 0 Å². The number of aromatic nitrogens is 2. The van der Waals surface area contributed by atoms with Crippen LogP contribution in [0.5, 0.6) is 0 Å². The fraction of sp³-hybridized carbons (Fsp3) is 0.0667. The van der Waals surface area contributed by atoms with E-state index < -0.39 is 6.04 Å². The van der Waals surface area contributed by atoms with E-state index in [-0.39, 0.29) is 5.82 Å². The molecule has 0 aliphatic carbocycles. The summed E-state index contributed by atoms with van der Waals surface area (Å²) in [6.07, 6.45) is 3.23. The molecule has 0 aliphatic rings. The van der Waals surface area contributed by atoms with Gasteiger partial charge in [-0.15, -0.1) is 0 Å². The van der Waals surface area contributed by atoms with Gasteiger partial charge in [0.25, 0.3) is 0 Å². The fourth-order valence-electron chi connectivity index (χ4n) is 2.19. The van der Waals surface area contributed by atoms with E-state index in [9.17, 15) is 4.39 Å². The summed E-state index contributed by atoms with van der Waals surface area (Å²) in [6, 6.07) is 10.1. The van der Waals surface area contributed by atoms with Crippen molar-refractivity contribution < 1.29 is 4.39 Å². The first kappa shape index (κ1) is 13.1. The van der Waals surface area contributed by atoms with Crippen molar-refractivity contribution in [3.63, 3.8) is 0 Å². The summed E-state index contributed by atoms with van der Waals surface area (Å²) >= 11 is 3.18. The summed E-state index contributed by atoms with van der Waals surface area (Å²) in [5.74, 6) is -0.346. The zero-order valence-electron chi connectivity index (χ0n) is 10.4. The third-order valence-electron chi connectivity index (χ3n) is 3.18. The highest BCUT2D eigenvalue weighted by molar-refractivity contribution is 9.10. The molecule has 0 saturated heterocycles. The molecule has 0 spiro atoms. The Morgan fingerprint density at radius 3 is 2.55 bits per heavy atom. The standard InChI is InChI=1S/C15H11BrFN3/c16-11-5-1-3-9(13(11)17)14(18)10-4-2-6-12-15(10)20-8-7-19-12/h1-8,14H,18H2. The van der Waals surface area contributed by atoms with Gasteiger partial charge in [0, 0.05) is 23.5 Å². The SMILES string of the molecule is NC(c1cccc(Br)c1F)c1cccc2nccnc12. The van der Waals surface area contributed by atoms with Crippen LogP contribution in [-0.4, -0.2) is 9.97 Å². The molecule has 3 rings (SSSR count). The minimum absolute atomic E-state index is 0.346. The van der Waals surface area contributed by atoms with Gasteiger partial charge in [0.15, 0.2) is 0 Å². The van der Waals surface area contributed by atoms with Gasteiger partial charge in [0.1, 0.15) is 5.82 Å². The second kappa shape index (κ2) is 5.26. The Morgan fingerprint density at radius 2 is 1.70 bits per heavy atom. The third-order valence-corrected chi connectivity index (χ3v) is 3.79. The topological polar surface area (TPSA) is 51.8 Å². The maximum absolute atomic E-state index is 14.2. The first-order chi connectivity index (χ1) is 9.68. The molecule has 0 amide bonds. The van der Waals surface area contributed by atoms with E-state index in [4.69, 9.17) is 5.73 Å². The molecule has 0 bridgehead atoms. The minimum atomic E-state index is -0.590. The van der Waals surface area contributed by atoms with Crippen LogP contribution in [0.25, 0.3) is 11.0 Å². The lowest BCUT2D eigenvalue weighted by molar-refractivity contribution is 0.594. The van der Waals surface area contributed by atoms with Gasteiger partial charge in [-0.25, -0.2) is 4.39 Å². The number of nitrogens with two attached hydrogens (primary N) is 1. The molecule has 0 fully saturated rings. The molecule has 2 aromatic carbocycles. The quantitative estimate of drug-likeness (QED) is 0.780. The molecule has 1 atom stereocenters. The van der Waals surface area contributed by atoms with Crippen LogP contribution < -0.4 is 5.73 Å². The molecule has 0 aliphatic heterocycles. The first-order valence-corrected chi connectivity index (χ1v) is 6.87. The summed E-state index contributed by atoms with van der Waals surface area (Å²) in [5, 5.41) is 0. The van der Waals surface area contributed by atoms with Gasteiger partial charge in [-0.05, 0) is 28.1 Å². The van der Waals surface area contributed by atoms with Crippen LogP contribution in [0.1, 0.15) is 17.2 Å². The maximum Gasteiger partial charge on any atom is 0.142 e. The molecule has 3 nitrogen and oxygen atoms in total. The van der Waals surface area contributed by atoms with E-state index in [0.717, 1.165) is 11.1 Å². The average molecular weight is 332 g/mol. The lowest BCUT2D eigenvalue weighted by Gasteiger charge is -2.15. The Bertz CT molecular complexity index is 771. The monoisotopic (exact) mass is 331 g/mol. The fourth-order valence-corrected chi connectivity index (χ4v) is 2.58. The number of benzene rings is 2. The van der Waals surface area contributed by atoms with Gasteiger partial charge in [0.2, 0.25) is 0 Å². The van der Waals surface area contributed by atoms with Gasteiger partial charge in [0.05, 0.1) is 21.5 Å². The highest BCUT2D eigenvalue weighted by Crippen LogP contribution is 2.29. The molecule has 0 radical (unpaired) electrons. The number of fused-ring (bicyclic) bond motifs is 1. The van der Waals surface area contributed by atoms with E-state index in [2.05, 4.69) is 25.9 Å². The molecule has 1 heterocycles. The summed E-state index contributed by atoms with van der Waals surface area (Å²) in [5.41, 5.74) is 8.85. The van der Waals surface area contributed by atoms with Crippen molar-refractivity contribution in [1.82, 2.24) is 9.97 Å². The number of hydrogen-bond donors (Lipinski definition) is 1. The number of para-hydroxylation sites is 1. The summed E-state index contributed by atoms with van der Waals surface area (Å²) < 4.78 is 14.6. The van der Waals surface area contributed by atoms with Crippen molar-refractivity contribution in [2.24, 2.45) is 5.73 Å². The zero-order chi connectivity index (χ0) is 14.1. The van der Waals surface area contributed by atoms with Crippen LogP contribution in [0.2, 0.25) is 0 Å². The van der Waals surface area contributed by atoms with Crippen molar-refractivity contribution in [2.75, 3.05) is 0 Å². The number of hydrogen-bond acceptors (Lipinski definition) is 3. The average Bonchev–Trinajstić information content (AvgIpc) is 2.49. The molecular weight excluding hydrogens is 321 g/mol. The lowest BCUT2D eigenvalue weighted by Crippen LogP contribution is -2.14. The zero-order valence-corrected chi connectivity index (χ0v) is 12.0. The molecule has 1 aromatic heterocycles. The molecule has 100 valence electrons. The molecule has 1 unspecified atom stereocenters. The normalized spacial score (nSPS) is 12.6. The van der Waals surface area contributed by atoms with Crippen LogP contribution in [0.15, 0.2) is 53.3 Å². The van der Waals surface area contributed by atoms with E-state index in [0.29, 0.717) is 15.6 Å². The van der Waals surface area contributed by atoms with E-state index in [1.165, 1.54) is 0 Å². The van der Waals surface area contributed by atoms with Gasteiger partial charge >= 0.3 is 0 Å². The largest absolute Gasteiger partial charge is 0.320 e. The Morgan fingerprint density at radius 1 is 1.00 bits per heavy atom. The van der Waals surface area contributed by atoms with E-state index >= 15 is 0 Å². The van der Waals surface area contributed by atoms with E-state index in [1.54, 1.807) is 30.6 Å². The summed E-state index contributed by atoms with van der Waals surface area (Å²) in [7, 11) is 0. The predicted molar refractivity (Wildman–Crippen MR) is 79.7 cm³/mol. The molecular formula is C15H11BrFN3. The minimum Gasteiger partial charge on any atom is -0.320 e. The number of halogens is 2. The van der Waals surface area contributed by atoms with Gasteiger partial charge < -0.3 is 5.73 Å². The first-order valence-electron chi connectivity index (χ1n) is 6.07. The predicted octanol–water partition coefficient (Wildman–Crippen LogP) is 3.58. The van der Waals surface area contributed by atoms with Gasteiger partial charge in [-0.3, -0.25) is 9.97 Å². The second-order valence-corrected chi connectivity index (χ2v) is 5.25. The second-order valence-electron chi connectivity index (χ2n) is 4.39. The van der Waals surface area contributed by atoms with Crippen LogP contribution in [0.4, 0.5) is 4.39 Å². The van der Waals surface area contributed by atoms with Crippen molar-refractivity contribution in [3.05, 3.63) is 70.2 Å². The smallest absolute Gasteiger partial charge is 0.142 e. The van der Waals surface area contributed by atoms with Crippen molar-refractivity contribution in [2.45, 2.75) is 6.04 Å². The van der Waals surface area contributed by atoms with Gasteiger partial charge in [-0.1, -0.05) is 24.3 Å². The molecule has 2 N–H and O–H groups in total. The highest BCUT2D eigenvalue weighted by Gasteiger charge is 2.18. The third kappa shape index (κ3) is 2.19. The van der Waals surface area contributed by atoms with Gasteiger partial charge in [-0.2, -0.15) is 0 Å². The summed E-state index contributed by atoms with van der Waals surface area (Å²) in [6.45, 7) is 0. The Hall–Kier alpha value is -1.85. The molecule has 3 aromatic rings. The molecule has 5 heteroatoms. The Balaban J connectivity index is 2.18. The maximum atomic E-state index is 14.2. The van der Waals surface area contributed by atoms with Crippen LogP contribution in [-0.2, 0) is 0 Å². The van der Waals surface area contributed by atoms with Crippen LogP contribution >= 0.6 is 15.9 Å². The summed E-state index contributed by atoms with van der Waals surface area (Å²) in [4.78, 5) is 8.54. The molecule has 0 saturated carbocycles. The van der Waals surface area contributed by atoms with E-state index in [1.807, 2.05) is 18.2 Å². The molecule has 20 heavy (non-hydrogen) atoms. The highest BCUT2D eigenvalue weighted by atomic mass is 79.9. The van der Waals surface area contributed by atoms with Crippen LogP contribution in [0, 0.1) is 5.82 Å². The number of nitrogens with zero attached hydrogens (tertiary/aromatic N) is 2. The lowest BCUT2D eigenvalue weighted by atomic mass is 9.98. The van der Waals surface area contributed by atoms with Crippen molar-refractivity contribution >= 4 is 27.0 Å².